The van der Waals surface area contributed by atoms with Gasteiger partial charge in [-0.2, -0.15) is 0 Å². The van der Waals surface area contributed by atoms with Crippen molar-refractivity contribution in [2.45, 2.75) is 26.2 Å². The van der Waals surface area contributed by atoms with E-state index in [4.69, 9.17) is 5.73 Å². The van der Waals surface area contributed by atoms with Crippen LogP contribution in [0.3, 0.4) is 0 Å². The minimum Gasteiger partial charge on any atom is -0.385 e. The monoisotopic (exact) mass is 338 g/mol. The maximum absolute atomic E-state index is 11.6. The summed E-state index contributed by atoms with van der Waals surface area (Å²) in [5.41, 5.74) is 9.12. The van der Waals surface area contributed by atoms with Gasteiger partial charge in [-0.1, -0.05) is 32.9 Å². The summed E-state index contributed by atoms with van der Waals surface area (Å²) in [7, 11) is 1.79. The molecule has 0 fully saturated rings. The van der Waals surface area contributed by atoms with Crippen LogP contribution in [-0.4, -0.2) is 27.6 Å². The van der Waals surface area contributed by atoms with Gasteiger partial charge in [-0.3, -0.25) is 4.79 Å². The summed E-state index contributed by atoms with van der Waals surface area (Å²) in [6.45, 7) is 6.50. The minimum absolute atomic E-state index is 0.0503. The molecule has 0 radical (unpaired) electrons. The van der Waals surface area contributed by atoms with E-state index in [0.717, 1.165) is 11.4 Å². The van der Waals surface area contributed by atoms with Gasteiger partial charge in [0.05, 0.1) is 11.9 Å². The second kappa shape index (κ2) is 6.08. The van der Waals surface area contributed by atoms with Crippen LogP contribution in [0, 0.1) is 0 Å². The maximum atomic E-state index is 11.6. The van der Waals surface area contributed by atoms with Gasteiger partial charge in [0.15, 0.2) is 11.5 Å². The molecule has 0 atom stereocenters. The Morgan fingerprint density at radius 3 is 2.64 bits per heavy atom. The zero-order valence-electron chi connectivity index (χ0n) is 14.8. The Kier molecular flexibility index (Phi) is 4.08. The van der Waals surface area contributed by atoms with Crippen molar-refractivity contribution in [2.24, 2.45) is 5.73 Å². The SMILES string of the molecule is CNc1cc(Nc2cccc(C(C)(C)C)c2)nn2c(C(N)=O)cnc12. The van der Waals surface area contributed by atoms with E-state index in [9.17, 15) is 4.79 Å². The number of fused-ring (bicyclic) bond motifs is 1. The molecule has 1 aromatic carbocycles. The number of hydrogen-bond acceptors (Lipinski definition) is 5. The standard InChI is InChI=1S/C18H22N6O/c1-18(2,3)11-6-5-7-12(8-11)22-15-9-13(20-4)17-21-10-14(16(19)25)24(17)23-15/h5-10,20H,1-4H3,(H2,19,25)(H,22,23). The summed E-state index contributed by atoms with van der Waals surface area (Å²) >= 11 is 0. The van der Waals surface area contributed by atoms with E-state index < -0.39 is 5.91 Å². The number of carbonyl (C=O) groups excluding carboxylic acids is 1. The highest BCUT2D eigenvalue weighted by atomic mass is 16.1. The summed E-state index contributed by atoms with van der Waals surface area (Å²) in [6.07, 6.45) is 1.43. The number of benzene rings is 1. The molecule has 0 spiro atoms. The largest absolute Gasteiger partial charge is 0.385 e. The molecule has 25 heavy (non-hydrogen) atoms. The first-order chi connectivity index (χ1) is 11.8. The van der Waals surface area contributed by atoms with Gasteiger partial charge in [0.2, 0.25) is 0 Å². The Morgan fingerprint density at radius 1 is 1.24 bits per heavy atom. The van der Waals surface area contributed by atoms with Gasteiger partial charge in [0.25, 0.3) is 5.91 Å². The summed E-state index contributed by atoms with van der Waals surface area (Å²) < 4.78 is 1.45. The third kappa shape index (κ3) is 3.26. The van der Waals surface area contributed by atoms with Crippen LogP contribution in [-0.2, 0) is 5.41 Å². The normalized spacial score (nSPS) is 11.5. The minimum atomic E-state index is -0.575. The lowest BCUT2D eigenvalue weighted by Gasteiger charge is -2.20. The van der Waals surface area contributed by atoms with Crippen molar-refractivity contribution < 1.29 is 4.79 Å². The number of carbonyl (C=O) groups is 1. The molecule has 3 rings (SSSR count). The van der Waals surface area contributed by atoms with E-state index in [1.54, 1.807) is 7.05 Å². The molecule has 0 saturated carbocycles. The molecule has 0 aliphatic carbocycles. The Balaban J connectivity index is 2.04. The Labute approximate surface area is 146 Å². The molecular formula is C18H22N6O. The summed E-state index contributed by atoms with van der Waals surface area (Å²) in [5, 5.41) is 10.8. The average molecular weight is 338 g/mol. The smallest absolute Gasteiger partial charge is 0.269 e. The Hall–Kier alpha value is -3.09. The molecule has 2 heterocycles. The third-order valence-electron chi connectivity index (χ3n) is 3.99. The topological polar surface area (TPSA) is 97.3 Å². The first-order valence-corrected chi connectivity index (χ1v) is 8.03. The van der Waals surface area contributed by atoms with Gasteiger partial charge in [-0.05, 0) is 23.1 Å². The fraction of sp³-hybridized carbons (Fsp3) is 0.278. The molecule has 130 valence electrons. The van der Waals surface area contributed by atoms with Crippen LogP contribution in [0.2, 0.25) is 0 Å². The van der Waals surface area contributed by atoms with Crippen molar-refractivity contribution in [3.05, 3.63) is 47.8 Å². The lowest BCUT2D eigenvalue weighted by molar-refractivity contribution is 0.0993. The van der Waals surface area contributed by atoms with Gasteiger partial charge < -0.3 is 16.4 Å². The molecule has 2 aromatic heterocycles. The molecule has 7 nitrogen and oxygen atoms in total. The highest BCUT2D eigenvalue weighted by Crippen LogP contribution is 2.27. The van der Waals surface area contributed by atoms with Gasteiger partial charge in [-0.15, -0.1) is 5.10 Å². The molecular weight excluding hydrogens is 316 g/mol. The number of anilines is 3. The van der Waals surface area contributed by atoms with Gasteiger partial charge in [-0.25, -0.2) is 9.50 Å². The number of rotatable bonds is 4. The lowest BCUT2D eigenvalue weighted by Crippen LogP contribution is -2.15. The van der Waals surface area contributed by atoms with E-state index in [1.807, 2.05) is 18.2 Å². The highest BCUT2D eigenvalue weighted by Gasteiger charge is 2.16. The number of nitrogens with zero attached hydrogens (tertiary/aromatic N) is 3. The van der Waals surface area contributed by atoms with Crippen LogP contribution < -0.4 is 16.4 Å². The molecule has 0 aliphatic rings. The van der Waals surface area contributed by atoms with E-state index >= 15 is 0 Å². The van der Waals surface area contributed by atoms with E-state index in [-0.39, 0.29) is 11.1 Å². The summed E-state index contributed by atoms with van der Waals surface area (Å²) in [6, 6.07) is 10.0. The zero-order chi connectivity index (χ0) is 18.2. The quantitative estimate of drug-likeness (QED) is 0.679. The van der Waals surface area contributed by atoms with Crippen LogP contribution in [0.4, 0.5) is 17.2 Å². The van der Waals surface area contributed by atoms with Gasteiger partial charge in [0, 0.05) is 18.8 Å². The van der Waals surface area contributed by atoms with Crippen LogP contribution in [0.5, 0.6) is 0 Å². The molecule has 0 saturated heterocycles. The molecule has 0 aliphatic heterocycles. The second-order valence-electron chi connectivity index (χ2n) is 6.89. The molecule has 7 heteroatoms. The number of aromatic nitrogens is 3. The summed E-state index contributed by atoms with van der Waals surface area (Å²) in [4.78, 5) is 15.8. The van der Waals surface area contributed by atoms with Crippen LogP contribution >= 0.6 is 0 Å². The first kappa shape index (κ1) is 16.8. The van der Waals surface area contributed by atoms with Crippen LogP contribution in [0.1, 0.15) is 36.8 Å². The van der Waals surface area contributed by atoms with E-state index in [1.165, 1.54) is 16.3 Å². The number of imidazole rings is 1. The predicted octanol–water partition coefficient (Wildman–Crippen LogP) is 2.91. The second-order valence-corrected chi connectivity index (χ2v) is 6.89. The van der Waals surface area contributed by atoms with Crippen LogP contribution in [0.25, 0.3) is 5.65 Å². The average Bonchev–Trinajstić information content (AvgIpc) is 2.97. The predicted molar refractivity (Wildman–Crippen MR) is 99.5 cm³/mol. The molecule has 3 aromatic rings. The van der Waals surface area contributed by atoms with Gasteiger partial charge in [0.1, 0.15) is 5.69 Å². The fourth-order valence-electron chi connectivity index (χ4n) is 2.59. The molecule has 0 unspecified atom stereocenters. The number of nitrogens with one attached hydrogen (secondary N) is 2. The molecule has 4 N–H and O–H groups in total. The molecule has 1 amide bonds. The van der Waals surface area contributed by atoms with Crippen molar-refractivity contribution in [1.82, 2.24) is 14.6 Å². The van der Waals surface area contributed by atoms with Crippen LogP contribution in [0.15, 0.2) is 36.5 Å². The first-order valence-electron chi connectivity index (χ1n) is 8.03. The number of amides is 1. The van der Waals surface area contributed by atoms with Crippen molar-refractivity contribution in [2.75, 3.05) is 17.7 Å². The number of nitrogens with two attached hydrogens (primary N) is 1. The fourth-order valence-corrected chi connectivity index (χ4v) is 2.59. The number of primary amides is 1. The Morgan fingerprint density at radius 2 is 2.00 bits per heavy atom. The van der Waals surface area contributed by atoms with E-state index in [2.05, 4.69) is 53.6 Å². The highest BCUT2D eigenvalue weighted by molar-refractivity contribution is 5.92. The van der Waals surface area contributed by atoms with Crippen molar-refractivity contribution in [3.63, 3.8) is 0 Å². The lowest BCUT2D eigenvalue weighted by atomic mass is 9.87. The molecule has 0 bridgehead atoms. The maximum Gasteiger partial charge on any atom is 0.269 e. The van der Waals surface area contributed by atoms with Crippen molar-refractivity contribution >= 4 is 28.7 Å². The van der Waals surface area contributed by atoms with Gasteiger partial charge >= 0.3 is 0 Å². The third-order valence-corrected chi connectivity index (χ3v) is 3.99. The number of hydrogen-bond donors (Lipinski definition) is 3. The van der Waals surface area contributed by atoms with Crippen molar-refractivity contribution in [1.29, 1.82) is 0 Å². The zero-order valence-corrected chi connectivity index (χ0v) is 14.8. The Bertz CT molecular complexity index is 938. The van der Waals surface area contributed by atoms with Crippen molar-refractivity contribution in [3.8, 4) is 0 Å². The summed E-state index contributed by atoms with van der Waals surface area (Å²) in [5.74, 6) is 0.0114. The van der Waals surface area contributed by atoms with E-state index in [0.29, 0.717) is 11.5 Å².